The number of anilines is 1. The second-order valence-corrected chi connectivity index (χ2v) is 8.37. The number of unbranched alkanes of at least 4 members (excludes halogenated alkanes) is 1. The Morgan fingerprint density at radius 2 is 1.88 bits per heavy atom. The normalized spacial score (nSPS) is 11.1. The number of aryl methyl sites for hydroxylation is 1. The van der Waals surface area contributed by atoms with Gasteiger partial charge in [-0.1, -0.05) is 43.3 Å². The van der Waals surface area contributed by atoms with Crippen LogP contribution in [-0.2, 0) is 9.53 Å². The average Bonchev–Trinajstić information content (AvgIpc) is 3.21. The number of nitrogens with one attached hydrogen (secondary N) is 1. The monoisotopic (exact) mass is 448 g/mol. The second kappa shape index (κ2) is 9.82. The number of thioether (sulfide) groups is 1. The van der Waals surface area contributed by atoms with Crippen LogP contribution in [0.4, 0.5) is 5.69 Å². The second-order valence-electron chi connectivity index (χ2n) is 7.42. The molecule has 1 amide bonds. The maximum Gasteiger partial charge on any atom is 0.338 e. The number of fused-ring (bicyclic) bond motifs is 3. The summed E-state index contributed by atoms with van der Waals surface area (Å²) >= 11 is 1.33. The summed E-state index contributed by atoms with van der Waals surface area (Å²) in [5.41, 5.74) is 3.98. The van der Waals surface area contributed by atoms with Crippen LogP contribution in [0.3, 0.4) is 0 Å². The number of carbonyl (C=O) groups is 2. The fourth-order valence-corrected chi connectivity index (χ4v) is 4.13. The minimum absolute atomic E-state index is 0.165. The highest BCUT2D eigenvalue weighted by atomic mass is 32.2. The van der Waals surface area contributed by atoms with Crippen LogP contribution in [0.1, 0.15) is 35.7 Å². The lowest BCUT2D eigenvalue weighted by molar-refractivity contribution is -0.113. The summed E-state index contributed by atoms with van der Waals surface area (Å²) in [4.78, 5) is 24.5. The van der Waals surface area contributed by atoms with Gasteiger partial charge in [0.15, 0.2) is 10.8 Å². The minimum Gasteiger partial charge on any atom is -0.462 e. The number of pyridine rings is 1. The molecular weight excluding hydrogens is 424 g/mol. The molecule has 0 saturated heterocycles. The van der Waals surface area contributed by atoms with Crippen molar-refractivity contribution < 1.29 is 14.3 Å². The van der Waals surface area contributed by atoms with Gasteiger partial charge in [-0.15, -0.1) is 10.2 Å². The number of hydrogen-bond donors (Lipinski definition) is 1. The van der Waals surface area contributed by atoms with E-state index in [9.17, 15) is 9.59 Å². The summed E-state index contributed by atoms with van der Waals surface area (Å²) in [6.07, 6.45) is 1.81. The van der Waals surface area contributed by atoms with Gasteiger partial charge < -0.3 is 10.1 Å². The van der Waals surface area contributed by atoms with Crippen molar-refractivity contribution in [2.24, 2.45) is 0 Å². The molecule has 0 aliphatic carbocycles. The molecule has 0 radical (unpaired) electrons. The Morgan fingerprint density at radius 1 is 1.09 bits per heavy atom. The van der Waals surface area contributed by atoms with Crippen LogP contribution in [0.15, 0.2) is 59.8 Å². The van der Waals surface area contributed by atoms with Crippen molar-refractivity contribution in [2.75, 3.05) is 17.7 Å². The molecule has 2 aromatic carbocycles. The largest absolute Gasteiger partial charge is 0.462 e. The van der Waals surface area contributed by atoms with Gasteiger partial charge in [-0.3, -0.25) is 9.20 Å². The van der Waals surface area contributed by atoms with Crippen LogP contribution in [0, 0.1) is 6.92 Å². The summed E-state index contributed by atoms with van der Waals surface area (Å²) < 4.78 is 7.17. The number of esters is 1. The zero-order valence-electron chi connectivity index (χ0n) is 18.0. The van der Waals surface area contributed by atoms with Crippen LogP contribution >= 0.6 is 11.8 Å². The Labute approximate surface area is 190 Å². The number of aromatic nitrogens is 3. The van der Waals surface area contributed by atoms with E-state index < -0.39 is 0 Å². The van der Waals surface area contributed by atoms with Crippen molar-refractivity contribution in [3.8, 4) is 0 Å². The van der Waals surface area contributed by atoms with Gasteiger partial charge in [0.2, 0.25) is 5.91 Å². The number of rotatable bonds is 8. The van der Waals surface area contributed by atoms with E-state index in [1.807, 2.05) is 42.5 Å². The third-order valence-electron chi connectivity index (χ3n) is 5.04. The van der Waals surface area contributed by atoms with Gasteiger partial charge in [0.05, 0.1) is 23.4 Å². The summed E-state index contributed by atoms with van der Waals surface area (Å²) in [7, 11) is 0. The van der Waals surface area contributed by atoms with Crippen molar-refractivity contribution >= 4 is 45.9 Å². The van der Waals surface area contributed by atoms with E-state index in [0.29, 0.717) is 23.0 Å². The van der Waals surface area contributed by atoms with Gasteiger partial charge in [-0.05, 0) is 55.3 Å². The molecule has 0 bridgehead atoms. The third kappa shape index (κ3) is 4.75. The highest BCUT2D eigenvalue weighted by Crippen LogP contribution is 2.25. The number of carbonyl (C=O) groups excluding carboxylic acids is 2. The van der Waals surface area contributed by atoms with E-state index in [-0.39, 0.29) is 17.6 Å². The molecule has 0 aliphatic heterocycles. The molecule has 4 rings (SSSR count). The fraction of sp³-hybridized carbons (Fsp3) is 0.250. The van der Waals surface area contributed by atoms with Crippen molar-refractivity contribution in [3.63, 3.8) is 0 Å². The molecule has 0 saturated carbocycles. The molecule has 7 nitrogen and oxygen atoms in total. The van der Waals surface area contributed by atoms with Crippen molar-refractivity contribution in [2.45, 2.75) is 31.8 Å². The highest BCUT2D eigenvalue weighted by molar-refractivity contribution is 7.99. The number of para-hydroxylation sites is 1. The predicted molar refractivity (Wildman–Crippen MR) is 126 cm³/mol. The number of amides is 1. The maximum atomic E-state index is 12.5. The molecule has 8 heteroatoms. The van der Waals surface area contributed by atoms with Crippen LogP contribution < -0.4 is 5.32 Å². The van der Waals surface area contributed by atoms with E-state index in [2.05, 4.69) is 21.6 Å². The van der Waals surface area contributed by atoms with Crippen LogP contribution in [0.2, 0.25) is 0 Å². The molecular formula is C24H24N4O3S. The summed E-state index contributed by atoms with van der Waals surface area (Å²) in [5.74, 6) is -0.335. The van der Waals surface area contributed by atoms with E-state index in [1.54, 1.807) is 24.3 Å². The molecule has 164 valence electrons. The van der Waals surface area contributed by atoms with Crippen molar-refractivity contribution in [1.29, 1.82) is 0 Å². The highest BCUT2D eigenvalue weighted by Gasteiger charge is 2.13. The molecule has 0 aliphatic rings. The SMILES string of the molecule is CCCCOC(=O)c1ccc(NC(=O)CSc2nnc3cc(C)c4ccccc4n23)cc1. The summed E-state index contributed by atoms with van der Waals surface area (Å²) in [5, 5.41) is 13.2. The van der Waals surface area contributed by atoms with E-state index in [0.717, 1.165) is 35.0 Å². The quantitative estimate of drug-likeness (QED) is 0.235. The van der Waals surface area contributed by atoms with Gasteiger partial charge in [-0.2, -0.15) is 0 Å². The Kier molecular flexibility index (Phi) is 6.70. The first-order valence-corrected chi connectivity index (χ1v) is 11.5. The third-order valence-corrected chi connectivity index (χ3v) is 5.97. The zero-order chi connectivity index (χ0) is 22.5. The van der Waals surface area contributed by atoms with Crippen LogP contribution in [-0.4, -0.2) is 38.8 Å². The fourth-order valence-electron chi connectivity index (χ4n) is 3.38. The lowest BCUT2D eigenvalue weighted by Gasteiger charge is -2.08. The molecule has 0 fully saturated rings. The standard InChI is InChI=1S/C24H24N4O3S/c1-3-4-13-31-23(30)17-9-11-18(12-10-17)25-22(29)15-32-24-27-26-21-14-16(2)19-7-5-6-8-20(19)28(21)24/h5-12,14H,3-4,13,15H2,1-2H3,(H,25,29). The molecule has 0 spiro atoms. The van der Waals surface area contributed by atoms with Crippen LogP contribution in [0.25, 0.3) is 16.6 Å². The molecule has 0 unspecified atom stereocenters. The Balaban J connectivity index is 1.40. The Morgan fingerprint density at radius 3 is 2.66 bits per heavy atom. The maximum absolute atomic E-state index is 12.5. The van der Waals surface area contributed by atoms with E-state index in [1.165, 1.54) is 11.8 Å². The predicted octanol–water partition coefficient (Wildman–Crippen LogP) is 4.88. The van der Waals surface area contributed by atoms with Crippen molar-refractivity contribution in [1.82, 2.24) is 14.6 Å². The molecule has 0 atom stereocenters. The first kappa shape index (κ1) is 21.8. The topological polar surface area (TPSA) is 85.6 Å². The summed E-state index contributed by atoms with van der Waals surface area (Å²) in [6, 6.07) is 16.8. The van der Waals surface area contributed by atoms with Crippen LogP contribution in [0.5, 0.6) is 0 Å². The number of hydrogen-bond acceptors (Lipinski definition) is 6. The number of nitrogens with zero attached hydrogens (tertiary/aromatic N) is 3. The minimum atomic E-state index is -0.354. The molecule has 2 heterocycles. The molecule has 1 N–H and O–H groups in total. The lowest BCUT2D eigenvalue weighted by atomic mass is 10.1. The van der Waals surface area contributed by atoms with Gasteiger partial charge >= 0.3 is 5.97 Å². The smallest absolute Gasteiger partial charge is 0.338 e. The Bertz CT molecular complexity index is 1270. The number of benzene rings is 2. The molecule has 32 heavy (non-hydrogen) atoms. The van der Waals surface area contributed by atoms with Crippen molar-refractivity contribution in [3.05, 3.63) is 65.7 Å². The van der Waals surface area contributed by atoms with Gasteiger partial charge in [-0.25, -0.2) is 4.79 Å². The first-order chi connectivity index (χ1) is 15.6. The number of ether oxygens (including phenoxy) is 1. The Hall–Kier alpha value is -3.39. The molecule has 2 aromatic heterocycles. The average molecular weight is 449 g/mol. The van der Waals surface area contributed by atoms with Gasteiger partial charge in [0, 0.05) is 11.1 Å². The zero-order valence-corrected chi connectivity index (χ0v) is 18.8. The van der Waals surface area contributed by atoms with E-state index >= 15 is 0 Å². The molecule has 4 aromatic rings. The van der Waals surface area contributed by atoms with E-state index in [4.69, 9.17) is 4.74 Å². The first-order valence-electron chi connectivity index (χ1n) is 10.5. The van der Waals surface area contributed by atoms with Gasteiger partial charge in [0.25, 0.3) is 0 Å². The summed E-state index contributed by atoms with van der Waals surface area (Å²) in [6.45, 7) is 4.50. The lowest BCUT2D eigenvalue weighted by Crippen LogP contribution is -2.14. The van der Waals surface area contributed by atoms with Gasteiger partial charge in [0.1, 0.15) is 0 Å².